The first-order valence-corrected chi connectivity index (χ1v) is 6.64. The van der Waals surface area contributed by atoms with E-state index in [9.17, 15) is 5.11 Å². The van der Waals surface area contributed by atoms with Crippen molar-refractivity contribution in [3.8, 4) is 27.3 Å². The van der Waals surface area contributed by atoms with Gasteiger partial charge in [-0.2, -0.15) is 0 Å². The van der Waals surface area contributed by atoms with Crippen molar-refractivity contribution >= 4 is 11.3 Å². The van der Waals surface area contributed by atoms with E-state index in [2.05, 4.69) is 12.1 Å². The van der Waals surface area contributed by atoms with E-state index in [-0.39, 0.29) is 0 Å². The Morgan fingerprint density at radius 2 is 1.50 bits per heavy atom. The molecule has 1 N–H and O–H groups in total. The second-order valence-corrected chi connectivity index (χ2v) is 5.06. The van der Waals surface area contributed by atoms with E-state index in [4.69, 9.17) is 0 Å². The molecule has 0 saturated carbocycles. The quantitative estimate of drug-likeness (QED) is 0.695. The number of aromatic hydroxyl groups is 1. The minimum atomic E-state index is 0.305. The van der Waals surface area contributed by atoms with Crippen molar-refractivity contribution in [2.24, 2.45) is 0 Å². The highest BCUT2D eigenvalue weighted by atomic mass is 32.1. The molecule has 0 atom stereocenters. The molecule has 2 aromatic carbocycles. The summed E-state index contributed by atoms with van der Waals surface area (Å²) in [4.78, 5) is 1.17. The van der Waals surface area contributed by atoms with Crippen molar-refractivity contribution in [2.45, 2.75) is 0 Å². The molecule has 0 aliphatic heterocycles. The van der Waals surface area contributed by atoms with Gasteiger partial charge in [-0.15, -0.1) is 11.3 Å². The predicted molar refractivity (Wildman–Crippen MR) is 76.9 cm³/mol. The van der Waals surface area contributed by atoms with Crippen LogP contribution < -0.4 is 0 Å². The molecular weight excluding hydrogens is 240 g/mol. The van der Waals surface area contributed by atoms with Gasteiger partial charge in [-0.3, -0.25) is 0 Å². The first kappa shape index (κ1) is 11.1. The third kappa shape index (κ3) is 2.15. The molecule has 0 fully saturated rings. The highest BCUT2D eigenvalue weighted by molar-refractivity contribution is 7.13. The van der Waals surface area contributed by atoms with Gasteiger partial charge in [-0.25, -0.2) is 0 Å². The molecule has 0 amide bonds. The largest absolute Gasteiger partial charge is 0.508 e. The average molecular weight is 252 g/mol. The minimum Gasteiger partial charge on any atom is -0.508 e. The summed E-state index contributed by atoms with van der Waals surface area (Å²) < 4.78 is 0. The zero-order chi connectivity index (χ0) is 12.4. The number of rotatable bonds is 2. The molecule has 0 spiro atoms. The van der Waals surface area contributed by atoms with Gasteiger partial charge in [-0.05, 0) is 46.3 Å². The fraction of sp³-hybridized carbons (Fsp3) is 0. The van der Waals surface area contributed by atoms with Crippen LogP contribution in [0.4, 0.5) is 0 Å². The maximum absolute atomic E-state index is 9.86. The summed E-state index contributed by atoms with van der Waals surface area (Å²) in [5.74, 6) is 0.305. The van der Waals surface area contributed by atoms with Crippen LogP contribution in [0, 0.1) is 0 Å². The molecule has 88 valence electrons. The highest BCUT2D eigenvalue weighted by Crippen LogP contribution is 2.32. The van der Waals surface area contributed by atoms with Gasteiger partial charge in [0, 0.05) is 4.88 Å². The molecule has 0 bridgehead atoms. The van der Waals surface area contributed by atoms with Gasteiger partial charge in [0.05, 0.1) is 0 Å². The molecule has 0 saturated heterocycles. The molecule has 0 aliphatic carbocycles. The number of thiophene rings is 1. The van der Waals surface area contributed by atoms with Gasteiger partial charge in [0.15, 0.2) is 0 Å². The molecular formula is C16H12OS. The van der Waals surface area contributed by atoms with E-state index < -0.39 is 0 Å². The van der Waals surface area contributed by atoms with Crippen LogP contribution in [-0.2, 0) is 0 Å². The van der Waals surface area contributed by atoms with E-state index in [1.807, 2.05) is 41.8 Å². The Morgan fingerprint density at radius 1 is 0.722 bits per heavy atom. The van der Waals surface area contributed by atoms with Crippen LogP contribution >= 0.6 is 11.3 Å². The number of hydrogen-bond donors (Lipinski definition) is 1. The van der Waals surface area contributed by atoms with Crippen LogP contribution in [0.5, 0.6) is 5.75 Å². The third-order valence-electron chi connectivity index (χ3n) is 2.83. The van der Waals surface area contributed by atoms with Crippen molar-refractivity contribution < 1.29 is 5.11 Å². The fourth-order valence-corrected chi connectivity index (χ4v) is 2.71. The first-order valence-electron chi connectivity index (χ1n) is 5.76. The van der Waals surface area contributed by atoms with Gasteiger partial charge in [0.1, 0.15) is 5.75 Å². The van der Waals surface area contributed by atoms with Crippen molar-refractivity contribution in [2.75, 3.05) is 0 Å². The Bertz CT molecular complexity index is 642. The monoisotopic (exact) mass is 252 g/mol. The summed E-state index contributed by atoms with van der Waals surface area (Å²) in [6, 6.07) is 19.9. The average Bonchev–Trinajstić information content (AvgIpc) is 2.93. The zero-order valence-electron chi connectivity index (χ0n) is 9.71. The molecule has 2 heteroatoms. The minimum absolute atomic E-state index is 0.305. The van der Waals surface area contributed by atoms with Gasteiger partial charge in [0.2, 0.25) is 0 Å². The second-order valence-electron chi connectivity index (χ2n) is 4.11. The van der Waals surface area contributed by atoms with Crippen LogP contribution in [0.3, 0.4) is 0 Å². The second kappa shape index (κ2) is 4.67. The predicted octanol–water partition coefficient (Wildman–Crippen LogP) is 4.79. The maximum Gasteiger partial charge on any atom is 0.116 e. The van der Waals surface area contributed by atoms with Crippen molar-refractivity contribution in [3.63, 3.8) is 0 Å². The summed E-state index contributed by atoms with van der Waals surface area (Å²) in [5, 5.41) is 11.9. The van der Waals surface area contributed by atoms with Crippen LogP contribution in [0.15, 0.2) is 66.0 Å². The third-order valence-corrected chi connectivity index (χ3v) is 3.75. The topological polar surface area (TPSA) is 20.2 Å². The fourth-order valence-electron chi connectivity index (χ4n) is 1.99. The Labute approximate surface area is 110 Å². The summed E-state index contributed by atoms with van der Waals surface area (Å²) >= 11 is 1.68. The van der Waals surface area contributed by atoms with Crippen molar-refractivity contribution in [1.82, 2.24) is 0 Å². The van der Waals surface area contributed by atoms with E-state index in [0.717, 1.165) is 16.7 Å². The number of hydrogen-bond acceptors (Lipinski definition) is 2. The van der Waals surface area contributed by atoms with E-state index in [1.54, 1.807) is 23.5 Å². The smallest absolute Gasteiger partial charge is 0.116 e. The van der Waals surface area contributed by atoms with E-state index in [1.165, 1.54) is 4.88 Å². The van der Waals surface area contributed by atoms with Gasteiger partial charge >= 0.3 is 0 Å². The molecule has 1 heterocycles. The molecule has 0 aliphatic rings. The Morgan fingerprint density at radius 3 is 2.22 bits per heavy atom. The molecule has 1 aromatic heterocycles. The zero-order valence-corrected chi connectivity index (χ0v) is 10.5. The van der Waals surface area contributed by atoms with Crippen molar-refractivity contribution in [1.29, 1.82) is 0 Å². The summed E-state index contributed by atoms with van der Waals surface area (Å²) in [6.07, 6.45) is 0. The number of benzene rings is 2. The summed E-state index contributed by atoms with van der Waals surface area (Å²) in [5.41, 5.74) is 3.22. The summed E-state index contributed by atoms with van der Waals surface area (Å²) in [7, 11) is 0. The van der Waals surface area contributed by atoms with Crippen molar-refractivity contribution in [3.05, 3.63) is 66.0 Å². The Balaban J connectivity index is 2.12. The van der Waals surface area contributed by atoms with Gasteiger partial charge in [0.25, 0.3) is 0 Å². The lowest BCUT2D eigenvalue weighted by Crippen LogP contribution is -1.80. The van der Waals surface area contributed by atoms with Crippen LogP contribution in [0.25, 0.3) is 21.6 Å². The molecule has 18 heavy (non-hydrogen) atoms. The molecule has 1 nitrogen and oxygen atoms in total. The van der Waals surface area contributed by atoms with Crippen LogP contribution in [-0.4, -0.2) is 5.11 Å². The molecule has 3 rings (SSSR count). The Kier molecular flexibility index (Phi) is 2.87. The molecule has 0 unspecified atom stereocenters. The standard InChI is InChI=1S/C16H12OS/c17-15-10-13(12-5-2-1-3-6-12)9-14(11-15)16-7-4-8-18-16/h1-11,17H. The maximum atomic E-state index is 9.86. The SMILES string of the molecule is Oc1cc(-c2ccccc2)cc(-c2cccs2)c1. The van der Waals surface area contributed by atoms with Gasteiger partial charge < -0.3 is 5.11 Å². The highest BCUT2D eigenvalue weighted by Gasteiger charge is 2.05. The normalized spacial score (nSPS) is 10.4. The molecule has 0 radical (unpaired) electrons. The lowest BCUT2D eigenvalue weighted by atomic mass is 10.0. The van der Waals surface area contributed by atoms with Gasteiger partial charge in [-0.1, -0.05) is 36.4 Å². The number of phenols is 1. The first-order chi connectivity index (χ1) is 8.83. The van der Waals surface area contributed by atoms with E-state index in [0.29, 0.717) is 5.75 Å². The molecule has 3 aromatic rings. The lowest BCUT2D eigenvalue weighted by molar-refractivity contribution is 0.476. The Hall–Kier alpha value is -2.06. The van der Waals surface area contributed by atoms with E-state index >= 15 is 0 Å². The van der Waals surface area contributed by atoms with Crippen LogP contribution in [0.1, 0.15) is 0 Å². The lowest BCUT2D eigenvalue weighted by Gasteiger charge is -2.06. The summed E-state index contributed by atoms with van der Waals surface area (Å²) in [6.45, 7) is 0. The number of phenolic OH excluding ortho intramolecular Hbond substituents is 1. The van der Waals surface area contributed by atoms with Crippen LogP contribution in [0.2, 0.25) is 0 Å².